The molecule has 9 nitrogen and oxygen atoms in total. The predicted molar refractivity (Wildman–Crippen MR) is 90.0 cm³/mol. The van der Waals surface area contributed by atoms with Crippen molar-refractivity contribution in [3.63, 3.8) is 0 Å². The van der Waals surface area contributed by atoms with E-state index in [2.05, 4.69) is 20.8 Å². The Balaban J connectivity index is 0.000000413. The molecule has 1 heterocycles. The number of primary sulfonamides is 1. The molecule has 4 N–H and O–H groups in total. The number of sulfonamides is 1. The second-order valence-corrected chi connectivity index (χ2v) is 6.73. The summed E-state index contributed by atoms with van der Waals surface area (Å²) in [5, 5.41) is 17.6. The molecule has 0 aliphatic heterocycles. The molecule has 1 aromatic heterocycles. The zero-order valence-electron chi connectivity index (χ0n) is 12.8. The Morgan fingerprint density at radius 2 is 2.00 bits per heavy atom. The van der Waals surface area contributed by atoms with E-state index in [1.165, 1.54) is 41.1 Å². The number of nitrogens with two attached hydrogens (primary N) is 1. The minimum atomic E-state index is -3.75. The van der Waals surface area contributed by atoms with Gasteiger partial charge < -0.3 is 5.32 Å². The van der Waals surface area contributed by atoms with Crippen molar-refractivity contribution in [2.75, 3.05) is 11.9 Å². The Morgan fingerprint density at radius 1 is 1.33 bits per heavy atom. The highest BCUT2D eigenvalue weighted by Crippen LogP contribution is 2.12. The molecule has 2 aromatic rings. The third kappa shape index (κ3) is 6.81. The highest BCUT2D eigenvalue weighted by Gasteiger charge is 2.11. The van der Waals surface area contributed by atoms with E-state index in [0.717, 1.165) is 13.0 Å². The second kappa shape index (κ2) is 9.70. The van der Waals surface area contributed by atoms with Crippen LogP contribution >= 0.6 is 11.3 Å². The van der Waals surface area contributed by atoms with E-state index in [4.69, 9.17) is 5.14 Å². The molecule has 24 heavy (non-hydrogen) atoms. The Bertz CT molecular complexity index is 745. The maximum absolute atomic E-state index is 11.7. The quantitative estimate of drug-likeness (QED) is 0.500. The van der Waals surface area contributed by atoms with E-state index in [1.54, 1.807) is 0 Å². The lowest BCUT2D eigenvalue weighted by Crippen LogP contribution is -2.14. The minimum Gasteiger partial charge on any atom is -0.359 e. The van der Waals surface area contributed by atoms with Crippen molar-refractivity contribution in [2.24, 2.45) is 5.14 Å². The van der Waals surface area contributed by atoms with E-state index in [9.17, 15) is 18.0 Å². The molecule has 0 saturated carbocycles. The van der Waals surface area contributed by atoms with Crippen LogP contribution in [0.5, 0.6) is 0 Å². The van der Waals surface area contributed by atoms with Gasteiger partial charge in [0.25, 0.3) is 5.91 Å². The van der Waals surface area contributed by atoms with Gasteiger partial charge in [-0.25, -0.2) is 13.6 Å². The average molecular weight is 371 g/mol. The average Bonchev–Trinajstić information content (AvgIpc) is 3.06. The maximum Gasteiger partial charge on any atom is 0.257 e. The van der Waals surface area contributed by atoms with Crippen molar-refractivity contribution in [1.29, 1.82) is 0 Å². The molecule has 0 spiro atoms. The summed E-state index contributed by atoms with van der Waals surface area (Å²) >= 11 is 1.18. The van der Waals surface area contributed by atoms with Crippen molar-refractivity contribution >= 4 is 38.8 Å². The van der Waals surface area contributed by atoms with Gasteiger partial charge in [0.2, 0.25) is 21.6 Å². The van der Waals surface area contributed by atoms with Crippen LogP contribution in [0.4, 0.5) is 5.13 Å². The van der Waals surface area contributed by atoms with Gasteiger partial charge in [-0.05, 0) is 30.7 Å². The fraction of sp³-hybridized carbons (Fsp3) is 0.231. The molecular formula is C13H17N5O4S2. The van der Waals surface area contributed by atoms with Gasteiger partial charge in [0.1, 0.15) is 5.51 Å². The third-order valence-corrected chi connectivity index (χ3v) is 4.04. The fourth-order valence-electron chi connectivity index (χ4n) is 1.40. The number of nitrogens with one attached hydrogen (secondary N) is 2. The number of aromatic nitrogens is 2. The minimum absolute atomic E-state index is 0.0463. The van der Waals surface area contributed by atoms with Crippen LogP contribution in [0.25, 0.3) is 0 Å². The van der Waals surface area contributed by atoms with Crippen LogP contribution < -0.4 is 15.8 Å². The Hall–Kier alpha value is -2.37. The Morgan fingerprint density at radius 3 is 2.42 bits per heavy atom. The number of hydrogen-bond acceptors (Lipinski definition) is 7. The number of amides is 2. The van der Waals surface area contributed by atoms with Crippen LogP contribution in [-0.4, -0.2) is 37.5 Å². The monoisotopic (exact) mass is 371 g/mol. The number of anilines is 1. The highest BCUT2D eigenvalue weighted by molar-refractivity contribution is 7.89. The first kappa shape index (κ1) is 19.7. The lowest BCUT2D eigenvalue weighted by molar-refractivity contribution is -0.109. The van der Waals surface area contributed by atoms with Crippen molar-refractivity contribution < 1.29 is 18.0 Å². The first-order valence-electron chi connectivity index (χ1n) is 6.76. The highest BCUT2D eigenvalue weighted by atomic mass is 32.2. The van der Waals surface area contributed by atoms with E-state index < -0.39 is 15.9 Å². The van der Waals surface area contributed by atoms with E-state index in [1.807, 2.05) is 6.92 Å². The summed E-state index contributed by atoms with van der Waals surface area (Å²) in [6, 6.07) is 5.28. The van der Waals surface area contributed by atoms with Crippen LogP contribution in [0.2, 0.25) is 0 Å². The first-order valence-corrected chi connectivity index (χ1v) is 9.18. The molecule has 0 aliphatic rings. The number of carbonyl (C=O) groups is 2. The SMILES string of the molecule is CCCNC=O.NS(=O)(=O)c1ccc(C(=O)Nc2nncs2)cc1. The number of benzene rings is 1. The molecule has 130 valence electrons. The Labute approximate surface area is 143 Å². The summed E-state index contributed by atoms with van der Waals surface area (Å²) in [5.74, 6) is -0.396. The largest absolute Gasteiger partial charge is 0.359 e. The molecule has 11 heteroatoms. The van der Waals surface area contributed by atoms with Gasteiger partial charge in [-0.2, -0.15) is 0 Å². The zero-order chi connectivity index (χ0) is 18.0. The second-order valence-electron chi connectivity index (χ2n) is 4.34. The lowest BCUT2D eigenvalue weighted by atomic mass is 10.2. The molecule has 2 rings (SSSR count). The van der Waals surface area contributed by atoms with E-state index in [0.29, 0.717) is 17.1 Å². The van der Waals surface area contributed by atoms with Gasteiger partial charge in [-0.15, -0.1) is 10.2 Å². The van der Waals surface area contributed by atoms with Gasteiger partial charge in [0.05, 0.1) is 4.90 Å². The van der Waals surface area contributed by atoms with Crippen LogP contribution in [0.1, 0.15) is 23.7 Å². The normalized spacial score (nSPS) is 10.2. The third-order valence-electron chi connectivity index (χ3n) is 2.50. The molecular weight excluding hydrogens is 354 g/mol. The van der Waals surface area contributed by atoms with Gasteiger partial charge >= 0.3 is 0 Å². The number of carbonyl (C=O) groups excluding carboxylic acids is 2. The molecule has 0 unspecified atom stereocenters. The van der Waals surface area contributed by atoms with Crippen LogP contribution in [0, 0.1) is 0 Å². The Kier molecular flexibility index (Phi) is 7.95. The topological polar surface area (TPSA) is 144 Å². The van der Waals surface area contributed by atoms with Crippen molar-refractivity contribution in [2.45, 2.75) is 18.2 Å². The maximum atomic E-state index is 11.7. The number of rotatable bonds is 6. The smallest absolute Gasteiger partial charge is 0.257 e. The van der Waals surface area contributed by atoms with Gasteiger partial charge in [0, 0.05) is 12.1 Å². The molecule has 0 bridgehead atoms. The number of hydrogen-bond donors (Lipinski definition) is 3. The van der Waals surface area contributed by atoms with Crippen molar-refractivity contribution in [3.05, 3.63) is 35.3 Å². The molecule has 0 radical (unpaired) electrons. The van der Waals surface area contributed by atoms with E-state index in [-0.39, 0.29) is 4.90 Å². The van der Waals surface area contributed by atoms with Crippen molar-refractivity contribution in [3.8, 4) is 0 Å². The van der Waals surface area contributed by atoms with Crippen LogP contribution in [-0.2, 0) is 14.8 Å². The van der Waals surface area contributed by atoms with E-state index >= 15 is 0 Å². The summed E-state index contributed by atoms with van der Waals surface area (Å²) in [6.07, 6.45) is 1.72. The van der Waals surface area contributed by atoms with Gasteiger partial charge in [-0.3, -0.25) is 14.9 Å². The molecule has 2 amide bonds. The fourth-order valence-corrected chi connectivity index (χ4v) is 2.35. The zero-order valence-corrected chi connectivity index (χ0v) is 14.4. The van der Waals surface area contributed by atoms with Gasteiger partial charge in [-0.1, -0.05) is 18.3 Å². The summed E-state index contributed by atoms with van der Waals surface area (Å²) < 4.78 is 22.1. The van der Waals surface area contributed by atoms with Crippen molar-refractivity contribution in [1.82, 2.24) is 15.5 Å². The van der Waals surface area contributed by atoms with Crippen LogP contribution in [0.3, 0.4) is 0 Å². The summed E-state index contributed by atoms with van der Waals surface area (Å²) in [6.45, 7) is 2.81. The predicted octanol–water partition coefficient (Wildman–Crippen LogP) is 0.580. The molecule has 0 atom stereocenters. The summed E-state index contributed by atoms with van der Waals surface area (Å²) in [4.78, 5) is 21.1. The molecule has 0 fully saturated rings. The summed E-state index contributed by atoms with van der Waals surface area (Å²) in [7, 11) is -3.75. The van der Waals surface area contributed by atoms with Gasteiger partial charge in [0.15, 0.2) is 0 Å². The number of nitrogens with zero attached hydrogens (tertiary/aromatic N) is 2. The molecule has 1 aromatic carbocycles. The lowest BCUT2D eigenvalue weighted by Gasteiger charge is -2.02. The molecule has 0 aliphatic carbocycles. The first-order chi connectivity index (χ1) is 11.4. The summed E-state index contributed by atoms with van der Waals surface area (Å²) in [5.41, 5.74) is 1.79. The standard InChI is InChI=1S/C9H8N4O3S2.C4H9NO/c10-18(15,16)7-3-1-6(2-4-7)8(14)12-9-13-11-5-17-9;1-2-3-5-4-6/h1-5H,(H2,10,15,16)(H,12,13,14);4H,2-3H2,1H3,(H,5,6). The molecule has 0 saturated heterocycles. The van der Waals surface area contributed by atoms with Crippen LogP contribution in [0.15, 0.2) is 34.7 Å².